The van der Waals surface area contributed by atoms with E-state index in [4.69, 9.17) is 4.74 Å². The largest absolute Gasteiger partial charge is 0.722 e. The molecule has 0 aliphatic carbocycles. The van der Waals surface area contributed by atoms with Crippen molar-refractivity contribution in [2.75, 3.05) is 13.2 Å². The molecule has 1 aliphatic rings. The van der Waals surface area contributed by atoms with Gasteiger partial charge in [0.25, 0.3) is 5.60 Å². The molecule has 21 heavy (non-hydrogen) atoms. The smallest absolute Gasteiger partial charge is 0.478 e. The molecular weight excluding hydrogens is 296 g/mol. The maximum Gasteiger partial charge on any atom is 0.722 e. The molecule has 0 aromatic heterocycles. The van der Waals surface area contributed by atoms with E-state index in [1.807, 2.05) is 0 Å². The van der Waals surface area contributed by atoms with Gasteiger partial charge in [-0.05, 0) is 0 Å². The molecule has 1 atom stereocenters. The normalized spacial score (nSPS) is 18.4. The molecule has 9 heteroatoms. The number of halogens is 5. The Hall–Kier alpha value is -1.64. The van der Waals surface area contributed by atoms with Gasteiger partial charge in [-0.1, -0.05) is 30.3 Å². The summed E-state index contributed by atoms with van der Waals surface area (Å²) in [4.78, 5) is 3.61. The van der Waals surface area contributed by atoms with Gasteiger partial charge >= 0.3 is 13.6 Å². The number of alkyl halides is 3. The lowest BCUT2D eigenvalue weighted by Gasteiger charge is -2.36. The lowest BCUT2D eigenvalue weighted by atomic mass is 9.90. The average molecular weight is 307 g/mol. The summed E-state index contributed by atoms with van der Waals surface area (Å²) in [6.07, 6.45) is -4.73. The quantitative estimate of drug-likeness (QED) is 0.632. The molecule has 0 bridgehead atoms. The topological polar surface area (TPSA) is 30.8 Å². The fourth-order valence-electron chi connectivity index (χ4n) is 2.07. The number of benzene rings is 1. The lowest BCUT2D eigenvalue weighted by Crippen LogP contribution is -2.54. The van der Waals surface area contributed by atoms with E-state index in [0.717, 1.165) is 12.1 Å². The first kappa shape index (κ1) is 15.7. The van der Waals surface area contributed by atoms with Crippen LogP contribution in [0.5, 0.6) is 0 Å². The van der Waals surface area contributed by atoms with Gasteiger partial charge in [0.2, 0.25) is 5.90 Å². The van der Waals surface area contributed by atoms with Crippen LogP contribution in [0.4, 0.5) is 21.8 Å². The van der Waals surface area contributed by atoms with Gasteiger partial charge in [-0.15, -0.1) is 0 Å². The van der Waals surface area contributed by atoms with E-state index in [0.29, 0.717) is 6.42 Å². The van der Waals surface area contributed by atoms with Crippen LogP contribution in [0.3, 0.4) is 0 Å². The highest BCUT2D eigenvalue weighted by Gasteiger charge is 2.64. The Bertz CT molecular complexity index is 508. The SMILES string of the molecule is FB(F)O[C@@](C1=NCCCO1)(c1ccccc1)C(F)(F)F. The Balaban J connectivity index is 2.62. The number of nitrogens with zero attached hydrogens (tertiary/aromatic N) is 1. The molecular formula is C12H11BF5NO2. The average Bonchev–Trinajstić information content (AvgIpc) is 2.45. The molecule has 0 amide bonds. The van der Waals surface area contributed by atoms with Gasteiger partial charge in [0, 0.05) is 18.5 Å². The van der Waals surface area contributed by atoms with Crippen molar-refractivity contribution in [2.24, 2.45) is 4.99 Å². The summed E-state index contributed by atoms with van der Waals surface area (Å²) in [7, 11) is -3.64. The van der Waals surface area contributed by atoms with Crippen LogP contribution in [0.2, 0.25) is 0 Å². The predicted molar refractivity (Wildman–Crippen MR) is 66.1 cm³/mol. The number of ether oxygens (including phenoxy) is 1. The van der Waals surface area contributed by atoms with Crippen LogP contribution in [-0.4, -0.2) is 32.7 Å². The maximum atomic E-state index is 13.6. The Kier molecular flexibility index (Phi) is 4.50. The van der Waals surface area contributed by atoms with Crippen LogP contribution in [-0.2, 0) is 15.0 Å². The first-order valence-electron chi connectivity index (χ1n) is 6.14. The van der Waals surface area contributed by atoms with Crippen molar-refractivity contribution < 1.29 is 31.2 Å². The number of hydrogen-bond donors (Lipinski definition) is 0. The van der Waals surface area contributed by atoms with Gasteiger partial charge in [0.1, 0.15) is 0 Å². The molecule has 2 rings (SSSR count). The van der Waals surface area contributed by atoms with Crippen LogP contribution in [0.15, 0.2) is 35.3 Å². The molecule has 1 aliphatic heterocycles. The zero-order valence-corrected chi connectivity index (χ0v) is 10.7. The van der Waals surface area contributed by atoms with Crippen LogP contribution in [0, 0.1) is 0 Å². The van der Waals surface area contributed by atoms with E-state index in [2.05, 4.69) is 9.65 Å². The summed E-state index contributed by atoms with van der Waals surface area (Å²) in [5.74, 6) is -0.882. The second kappa shape index (κ2) is 6.01. The molecule has 1 heterocycles. The monoisotopic (exact) mass is 307 g/mol. The zero-order chi connectivity index (χ0) is 15.5. The minimum Gasteiger partial charge on any atom is -0.478 e. The highest BCUT2D eigenvalue weighted by Crippen LogP contribution is 2.45. The minimum absolute atomic E-state index is 0.0317. The Labute approximate surface area is 118 Å². The third kappa shape index (κ3) is 3.02. The molecule has 1 aromatic rings. The van der Waals surface area contributed by atoms with Crippen LogP contribution >= 0.6 is 0 Å². The lowest BCUT2D eigenvalue weighted by molar-refractivity contribution is -0.236. The molecule has 114 valence electrons. The summed E-state index contributed by atoms with van der Waals surface area (Å²) in [5.41, 5.74) is -3.90. The van der Waals surface area contributed by atoms with Gasteiger partial charge in [0.05, 0.1) is 6.61 Å². The van der Waals surface area contributed by atoms with Gasteiger partial charge in [-0.3, -0.25) is 13.6 Å². The highest BCUT2D eigenvalue weighted by atomic mass is 19.4. The molecule has 0 spiro atoms. The van der Waals surface area contributed by atoms with Gasteiger partial charge in [-0.2, -0.15) is 13.2 Å². The number of rotatable bonds is 4. The van der Waals surface area contributed by atoms with Crippen molar-refractivity contribution in [3.8, 4) is 0 Å². The Morgan fingerprint density at radius 3 is 2.29 bits per heavy atom. The maximum absolute atomic E-state index is 13.6. The second-order valence-electron chi connectivity index (χ2n) is 4.31. The summed E-state index contributed by atoms with van der Waals surface area (Å²) < 4.78 is 75.0. The third-order valence-corrected chi connectivity index (χ3v) is 2.94. The molecule has 0 unspecified atom stereocenters. The van der Waals surface area contributed by atoms with Crippen LogP contribution in [0.1, 0.15) is 12.0 Å². The fourth-order valence-corrected chi connectivity index (χ4v) is 2.07. The first-order chi connectivity index (χ1) is 9.88. The molecule has 1 aromatic carbocycles. The van der Waals surface area contributed by atoms with Gasteiger partial charge < -0.3 is 9.39 Å². The molecule has 0 radical (unpaired) electrons. The molecule has 0 saturated carbocycles. The molecule has 3 nitrogen and oxygen atoms in total. The standard InChI is InChI=1S/C12H11BF5NO2/c14-12(15,16)11(21-13(17)18,9-5-2-1-3-6-9)10-19-7-4-8-20-10/h1-3,5-6H,4,7-8H2/t11-/m1/s1. The van der Waals surface area contributed by atoms with Crippen molar-refractivity contribution in [1.29, 1.82) is 0 Å². The van der Waals surface area contributed by atoms with Crippen molar-refractivity contribution in [2.45, 2.75) is 18.2 Å². The molecule has 0 N–H and O–H groups in total. The van der Waals surface area contributed by atoms with E-state index in [1.54, 1.807) is 0 Å². The van der Waals surface area contributed by atoms with Crippen molar-refractivity contribution >= 4 is 13.4 Å². The fraction of sp³-hybridized carbons (Fsp3) is 0.417. The third-order valence-electron chi connectivity index (χ3n) is 2.94. The van der Waals surface area contributed by atoms with Gasteiger partial charge in [-0.25, -0.2) is 0 Å². The molecule has 0 saturated heterocycles. The van der Waals surface area contributed by atoms with Crippen LogP contribution < -0.4 is 0 Å². The van der Waals surface area contributed by atoms with E-state index < -0.39 is 30.7 Å². The zero-order valence-electron chi connectivity index (χ0n) is 10.7. The number of aliphatic imine (C=N–C) groups is 1. The highest BCUT2D eigenvalue weighted by molar-refractivity contribution is 6.35. The van der Waals surface area contributed by atoms with Crippen molar-refractivity contribution in [1.82, 2.24) is 0 Å². The summed E-state index contributed by atoms with van der Waals surface area (Å²) >= 11 is 0. The minimum atomic E-state index is -5.15. The first-order valence-corrected chi connectivity index (χ1v) is 6.14. The van der Waals surface area contributed by atoms with Crippen molar-refractivity contribution in [3.63, 3.8) is 0 Å². The van der Waals surface area contributed by atoms with Crippen LogP contribution in [0.25, 0.3) is 0 Å². The van der Waals surface area contributed by atoms with E-state index in [1.165, 1.54) is 18.2 Å². The van der Waals surface area contributed by atoms with E-state index >= 15 is 0 Å². The summed E-state index contributed by atoms with van der Waals surface area (Å²) in [6.45, 7) is 0.0304. The summed E-state index contributed by atoms with van der Waals surface area (Å²) in [6, 6.07) is 6.17. The molecule has 0 fully saturated rings. The Morgan fingerprint density at radius 2 is 1.81 bits per heavy atom. The number of hydrogen-bond acceptors (Lipinski definition) is 3. The second-order valence-corrected chi connectivity index (χ2v) is 4.31. The predicted octanol–water partition coefficient (Wildman–Crippen LogP) is 3.20. The summed E-state index contributed by atoms with van der Waals surface area (Å²) in [5, 5.41) is 0. The van der Waals surface area contributed by atoms with E-state index in [9.17, 15) is 21.8 Å². The Morgan fingerprint density at radius 1 is 1.14 bits per heavy atom. The van der Waals surface area contributed by atoms with E-state index in [-0.39, 0.29) is 13.2 Å². The van der Waals surface area contributed by atoms with Gasteiger partial charge in [0.15, 0.2) is 0 Å². The van der Waals surface area contributed by atoms with Crippen molar-refractivity contribution in [3.05, 3.63) is 35.9 Å².